The molecule has 0 saturated carbocycles. The first-order valence-electron chi connectivity index (χ1n) is 10.4. The third-order valence-electron chi connectivity index (χ3n) is 5.58. The van der Waals surface area contributed by atoms with Gasteiger partial charge >= 0.3 is 0 Å². The number of rotatable bonds is 6. The minimum atomic E-state index is -1.10. The first kappa shape index (κ1) is 22.3. The molecular weight excluding hydrogens is 397 g/mol. The summed E-state index contributed by atoms with van der Waals surface area (Å²) in [6, 6.07) is 13.3. The highest BCUT2D eigenvalue weighted by Crippen LogP contribution is 2.23. The van der Waals surface area contributed by atoms with Gasteiger partial charge in [-0.3, -0.25) is 9.59 Å². The van der Waals surface area contributed by atoms with Gasteiger partial charge in [-0.2, -0.15) is 5.26 Å². The molecule has 2 amide bonds. The van der Waals surface area contributed by atoms with E-state index in [1.807, 2.05) is 11.0 Å². The molecule has 7 heteroatoms. The second-order valence-corrected chi connectivity index (χ2v) is 7.80. The number of nitrogens with zero attached hydrogens (tertiary/aromatic N) is 2. The van der Waals surface area contributed by atoms with Gasteiger partial charge in [-0.1, -0.05) is 18.2 Å². The van der Waals surface area contributed by atoms with Crippen molar-refractivity contribution in [1.29, 1.82) is 5.26 Å². The maximum atomic E-state index is 13.9. The number of likely N-dealkylation sites (tertiary alicyclic amines) is 1. The van der Waals surface area contributed by atoms with E-state index in [0.717, 1.165) is 19.3 Å². The fraction of sp³-hybridized carbons (Fsp3) is 0.375. The van der Waals surface area contributed by atoms with Gasteiger partial charge in [0.2, 0.25) is 0 Å². The number of nitriles is 1. The van der Waals surface area contributed by atoms with Crippen molar-refractivity contribution in [3.8, 4) is 11.8 Å². The Balaban J connectivity index is 1.58. The Morgan fingerprint density at radius 2 is 1.81 bits per heavy atom. The second-order valence-electron chi connectivity index (χ2n) is 7.80. The minimum absolute atomic E-state index is 0.0525. The number of carbonyl (C=O) groups is 2. The van der Waals surface area contributed by atoms with Gasteiger partial charge in [0.25, 0.3) is 11.8 Å². The summed E-state index contributed by atoms with van der Waals surface area (Å²) in [5.74, 6) is -0.648. The predicted molar refractivity (Wildman–Crippen MR) is 114 cm³/mol. The molecule has 0 spiro atoms. The third kappa shape index (κ3) is 5.40. The van der Waals surface area contributed by atoms with E-state index in [4.69, 9.17) is 4.74 Å². The lowest BCUT2D eigenvalue weighted by molar-refractivity contribution is -0.139. The van der Waals surface area contributed by atoms with Crippen molar-refractivity contribution in [2.24, 2.45) is 0 Å². The molecule has 2 aromatic carbocycles. The molecule has 162 valence electrons. The monoisotopic (exact) mass is 423 g/mol. The van der Waals surface area contributed by atoms with E-state index in [-0.39, 0.29) is 30.2 Å². The van der Waals surface area contributed by atoms with Gasteiger partial charge in [0, 0.05) is 23.2 Å². The highest BCUT2D eigenvalue weighted by atomic mass is 19.1. The van der Waals surface area contributed by atoms with Crippen LogP contribution in [0.25, 0.3) is 0 Å². The molecule has 1 aliphatic heterocycles. The average molecular weight is 423 g/mol. The Labute approximate surface area is 181 Å². The van der Waals surface area contributed by atoms with Crippen molar-refractivity contribution >= 4 is 11.8 Å². The molecule has 3 unspecified atom stereocenters. The van der Waals surface area contributed by atoms with Gasteiger partial charge in [0.15, 0.2) is 6.61 Å². The van der Waals surface area contributed by atoms with Crippen LogP contribution in [0.15, 0.2) is 48.5 Å². The van der Waals surface area contributed by atoms with Crippen LogP contribution in [0, 0.1) is 17.1 Å². The zero-order valence-corrected chi connectivity index (χ0v) is 17.7. The van der Waals surface area contributed by atoms with Crippen LogP contribution in [-0.2, 0) is 4.79 Å². The van der Waals surface area contributed by atoms with Gasteiger partial charge in [0.05, 0.1) is 6.07 Å². The molecule has 1 saturated heterocycles. The number of hydrogen-bond acceptors (Lipinski definition) is 4. The molecule has 1 fully saturated rings. The van der Waals surface area contributed by atoms with Crippen LogP contribution in [0.1, 0.15) is 55.1 Å². The van der Waals surface area contributed by atoms with Crippen molar-refractivity contribution in [2.75, 3.05) is 6.61 Å². The van der Waals surface area contributed by atoms with Crippen molar-refractivity contribution in [3.05, 3.63) is 65.5 Å². The van der Waals surface area contributed by atoms with Crippen molar-refractivity contribution in [3.63, 3.8) is 0 Å². The molecule has 0 bridgehead atoms. The summed E-state index contributed by atoms with van der Waals surface area (Å²) >= 11 is 0. The van der Waals surface area contributed by atoms with Gasteiger partial charge < -0.3 is 15.0 Å². The lowest BCUT2D eigenvalue weighted by Crippen LogP contribution is -2.49. The Kier molecular flexibility index (Phi) is 7.24. The number of ether oxygens (including phenoxy) is 1. The van der Waals surface area contributed by atoms with E-state index >= 15 is 0 Å². The number of carbonyl (C=O) groups excluding carboxylic acids is 2. The molecule has 3 rings (SSSR count). The average Bonchev–Trinajstić information content (AvgIpc) is 2.76. The normalized spacial score (nSPS) is 19.2. The summed E-state index contributed by atoms with van der Waals surface area (Å²) in [5, 5.41) is 11.8. The van der Waals surface area contributed by atoms with E-state index in [1.54, 1.807) is 18.2 Å². The fourth-order valence-electron chi connectivity index (χ4n) is 3.94. The maximum absolute atomic E-state index is 13.9. The first-order chi connectivity index (χ1) is 14.9. The maximum Gasteiger partial charge on any atom is 0.260 e. The van der Waals surface area contributed by atoms with Crippen molar-refractivity contribution in [1.82, 2.24) is 10.2 Å². The molecule has 31 heavy (non-hydrogen) atoms. The van der Waals surface area contributed by atoms with Crippen molar-refractivity contribution < 1.29 is 18.7 Å². The topological polar surface area (TPSA) is 82.4 Å². The van der Waals surface area contributed by atoms with Crippen LogP contribution < -0.4 is 10.1 Å². The summed E-state index contributed by atoms with van der Waals surface area (Å²) in [4.78, 5) is 26.9. The summed E-state index contributed by atoms with van der Waals surface area (Å²) in [6.07, 6.45) is 3.12. The number of halogens is 1. The Hall–Kier alpha value is -3.40. The standard InChI is InChI=1S/C24H26FN3O3/c1-16-6-5-7-17(2)28(16)23(29)15-31-19-12-10-18(11-13-19)24(30)27-22(14-26)20-8-3-4-9-21(20)25/h3-4,8-13,16-17,22H,5-7,15H2,1-2H3,(H,27,30). The number of hydrogen-bond donors (Lipinski definition) is 1. The van der Waals surface area contributed by atoms with Crippen LogP contribution in [0.5, 0.6) is 5.75 Å². The van der Waals surface area contributed by atoms with Gasteiger partial charge in [0.1, 0.15) is 17.6 Å². The molecule has 0 aliphatic carbocycles. The lowest BCUT2D eigenvalue weighted by Gasteiger charge is -2.38. The molecule has 0 aromatic heterocycles. The summed E-state index contributed by atoms with van der Waals surface area (Å²) < 4.78 is 19.5. The zero-order chi connectivity index (χ0) is 22.4. The van der Waals surface area contributed by atoms with Gasteiger partial charge in [-0.15, -0.1) is 0 Å². The molecule has 0 radical (unpaired) electrons. The summed E-state index contributed by atoms with van der Waals surface area (Å²) in [7, 11) is 0. The molecule has 2 aromatic rings. The lowest BCUT2D eigenvalue weighted by atomic mass is 9.97. The second kappa shape index (κ2) is 10.1. The smallest absolute Gasteiger partial charge is 0.260 e. The zero-order valence-electron chi connectivity index (χ0n) is 17.7. The van der Waals surface area contributed by atoms with E-state index in [2.05, 4.69) is 19.2 Å². The quantitative estimate of drug-likeness (QED) is 0.762. The molecule has 3 atom stereocenters. The van der Waals surface area contributed by atoms with Crippen LogP contribution in [0.4, 0.5) is 4.39 Å². The van der Waals surface area contributed by atoms with Gasteiger partial charge in [-0.05, 0) is 63.4 Å². The van der Waals surface area contributed by atoms with E-state index in [0.29, 0.717) is 11.3 Å². The van der Waals surface area contributed by atoms with E-state index < -0.39 is 17.8 Å². The number of benzene rings is 2. The third-order valence-corrected chi connectivity index (χ3v) is 5.58. The van der Waals surface area contributed by atoms with Crippen LogP contribution >= 0.6 is 0 Å². The van der Waals surface area contributed by atoms with E-state index in [9.17, 15) is 19.2 Å². The Bertz CT molecular complexity index is 961. The highest BCUT2D eigenvalue weighted by Gasteiger charge is 2.29. The predicted octanol–water partition coefficient (Wildman–Crippen LogP) is 3.99. The molecule has 1 N–H and O–H groups in total. The molecule has 1 heterocycles. The summed E-state index contributed by atoms with van der Waals surface area (Å²) in [5.41, 5.74) is 0.409. The van der Waals surface area contributed by atoms with Crippen LogP contribution in [0.2, 0.25) is 0 Å². The van der Waals surface area contributed by atoms with Crippen LogP contribution in [0.3, 0.4) is 0 Å². The fourth-order valence-corrected chi connectivity index (χ4v) is 3.94. The van der Waals surface area contributed by atoms with Crippen molar-refractivity contribution in [2.45, 2.75) is 51.2 Å². The molecular formula is C24H26FN3O3. The Morgan fingerprint density at radius 1 is 1.16 bits per heavy atom. The number of amides is 2. The van der Waals surface area contributed by atoms with E-state index in [1.165, 1.54) is 30.3 Å². The Morgan fingerprint density at radius 3 is 2.42 bits per heavy atom. The SMILES string of the molecule is CC1CCCC(C)N1C(=O)COc1ccc(C(=O)NC(C#N)c2ccccc2F)cc1. The van der Waals surface area contributed by atoms with Crippen LogP contribution in [-0.4, -0.2) is 35.4 Å². The molecule has 6 nitrogen and oxygen atoms in total. The number of piperidine rings is 1. The first-order valence-corrected chi connectivity index (χ1v) is 10.4. The molecule has 1 aliphatic rings. The van der Waals surface area contributed by atoms with Gasteiger partial charge in [-0.25, -0.2) is 4.39 Å². The largest absolute Gasteiger partial charge is 0.484 e. The number of nitrogens with one attached hydrogen (secondary N) is 1. The minimum Gasteiger partial charge on any atom is -0.484 e. The summed E-state index contributed by atoms with van der Waals surface area (Å²) in [6.45, 7) is 4.04. The highest BCUT2D eigenvalue weighted by molar-refractivity contribution is 5.94.